The molecule has 2 aromatic carbocycles. The molecular formula is C16H18BrNO. The molecule has 0 aliphatic rings. The molecule has 2 nitrogen and oxygen atoms in total. The first-order valence-electron chi connectivity index (χ1n) is 6.29. The van der Waals surface area contributed by atoms with Gasteiger partial charge in [-0.15, -0.1) is 0 Å². The van der Waals surface area contributed by atoms with E-state index in [-0.39, 0.29) is 6.04 Å². The quantitative estimate of drug-likeness (QED) is 0.839. The van der Waals surface area contributed by atoms with Gasteiger partial charge in [0.05, 0.1) is 6.04 Å². The van der Waals surface area contributed by atoms with Gasteiger partial charge in [0.1, 0.15) is 5.75 Å². The lowest BCUT2D eigenvalue weighted by Gasteiger charge is -2.18. The number of hydrogen-bond donors (Lipinski definition) is 2. The van der Waals surface area contributed by atoms with Crippen molar-refractivity contribution in [3.63, 3.8) is 0 Å². The molecule has 0 fully saturated rings. The molecule has 0 spiro atoms. The molecule has 0 heterocycles. The number of phenolic OH excluding ortho intramolecular Hbond substituents is 1. The topological polar surface area (TPSA) is 32.3 Å². The highest BCUT2D eigenvalue weighted by Crippen LogP contribution is 2.29. The summed E-state index contributed by atoms with van der Waals surface area (Å²) in [6.45, 7) is 6.13. The Labute approximate surface area is 122 Å². The highest BCUT2D eigenvalue weighted by molar-refractivity contribution is 9.10. The summed E-state index contributed by atoms with van der Waals surface area (Å²) in [5.74, 6) is 0.330. The number of phenols is 1. The van der Waals surface area contributed by atoms with Crippen LogP contribution in [0, 0.1) is 13.8 Å². The van der Waals surface area contributed by atoms with Crippen molar-refractivity contribution in [2.75, 3.05) is 5.32 Å². The summed E-state index contributed by atoms with van der Waals surface area (Å²) in [4.78, 5) is 0. The normalized spacial score (nSPS) is 12.2. The number of aromatic hydroxyl groups is 1. The van der Waals surface area contributed by atoms with E-state index < -0.39 is 0 Å². The first-order valence-corrected chi connectivity index (χ1v) is 7.09. The predicted molar refractivity (Wildman–Crippen MR) is 83.8 cm³/mol. The van der Waals surface area contributed by atoms with Gasteiger partial charge in [0.25, 0.3) is 0 Å². The maximum Gasteiger partial charge on any atom is 0.120 e. The van der Waals surface area contributed by atoms with Crippen LogP contribution < -0.4 is 5.32 Å². The van der Waals surface area contributed by atoms with Gasteiger partial charge in [-0.05, 0) is 44.5 Å². The summed E-state index contributed by atoms with van der Waals surface area (Å²) < 4.78 is 1.08. The molecular weight excluding hydrogens is 302 g/mol. The largest absolute Gasteiger partial charge is 0.508 e. The Morgan fingerprint density at radius 1 is 1.11 bits per heavy atom. The van der Waals surface area contributed by atoms with E-state index >= 15 is 0 Å². The SMILES string of the molecule is Cc1ccc(O)c(C(C)Nc2ccc(C)c(Br)c2)c1. The van der Waals surface area contributed by atoms with Crippen molar-refractivity contribution in [1.29, 1.82) is 0 Å². The molecule has 3 heteroatoms. The smallest absolute Gasteiger partial charge is 0.120 e. The number of hydrogen-bond acceptors (Lipinski definition) is 2. The minimum atomic E-state index is 0.0505. The van der Waals surface area contributed by atoms with Crippen molar-refractivity contribution in [3.8, 4) is 5.75 Å². The molecule has 2 rings (SSSR count). The third kappa shape index (κ3) is 3.29. The second-order valence-corrected chi connectivity index (χ2v) is 5.75. The zero-order valence-electron chi connectivity index (χ0n) is 11.4. The summed E-state index contributed by atoms with van der Waals surface area (Å²) in [5.41, 5.74) is 4.30. The van der Waals surface area contributed by atoms with Crippen LogP contribution in [0.25, 0.3) is 0 Å². The van der Waals surface area contributed by atoms with E-state index in [1.54, 1.807) is 6.07 Å². The van der Waals surface area contributed by atoms with E-state index in [0.717, 1.165) is 21.3 Å². The van der Waals surface area contributed by atoms with Gasteiger partial charge >= 0.3 is 0 Å². The van der Waals surface area contributed by atoms with Gasteiger partial charge < -0.3 is 10.4 Å². The standard InChI is InChI=1S/C16H18BrNO/c1-10-4-7-16(19)14(8-10)12(3)18-13-6-5-11(2)15(17)9-13/h4-9,12,18-19H,1-3H3. The molecule has 0 amide bonds. The summed E-state index contributed by atoms with van der Waals surface area (Å²) in [5, 5.41) is 13.3. The molecule has 0 aliphatic heterocycles. The van der Waals surface area contributed by atoms with Gasteiger partial charge in [-0.2, -0.15) is 0 Å². The number of anilines is 1. The number of aryl methyl sites for hydroxylation is 2. The van der Waals surface area contributed by atoms with E-state index in [9.17, 15) is 5.11 Å². The van der Waals surface area contributed by atoms with Crippen LogP contribution in [0.4, 0.5) is 5.69 Å². The molecule has 1 unspecified atom stereocenters. The molecule has 100 valence electrons. The monoisotopic (exact) mass is 319 g/mol. The molecule has 0 aromatic heterocycles. The minimum absolute atomic E-state index is 0.0505. The van der Waals surface area contributed by atoms with Crippen molar-refractivity contribution < 1.29 is 5.11 Å². The van der Waals surface area contributed by atoms with E-state index in [0.29, 0.717) is 5.75 Å². The van der Waals surface area contributed by atoms with Crippen LogP contribution in [-0.2, 0) is 0 Å². The van der Waals surface area contributed by atoms with E-state index in [1.807, 2.05) is 32.0 Å². The molecule has 1 atom stereocenters. The fourth-order valence-corrected chi connectivity index (χ4v) is 2.41. The number of benzene rings is 2. The number of rotatable bonds is 3. The molecule has 0 aliphatic carbocycles. The summed E-state index contributed by atoms with van der Waals surface area (Å²) >= 11 is 3.53. The van der Waals surface area contributed by atoms with Crippen LogP contribution in [0.2, 0.25) is 0 Å². The third-order valence-corrected chi connectivity index (χ3v) is 4.06. The highest BCUT2D eigenvalue weighted by atomic mass is 79.9. The van der Waals surface area contributed by atoms with E-state index in [2.05, 4.69) is 40.3 Å². The van der Waals surface area contributed by atoms with Gasteiger partial charge in [0.15, 0.2) is 0 Å². The molecule has 0 saturated carbocycles. The maximum absolute atomic E-state index is 9.93. The van der Waals surface area contributed by atoms with Gasteiger partial charge in [-0.25, -0.2) is 0 Å². The van der Waals surface area contributed by atoms with Crippen LogP contribution in [-0.4, -0.2) is 5.11 Å². The van der Waals surface area contributed by atoms with Gasteiger partial charge in [0.2, 0.25) is 0 Å². The van der Waals surface area contributed by atoms with Gasteiger partial charge in [-0.1, -0.05) is 39.7 Å². The summed E-state index contributed by atoms with van der Waals surface area (Å²) in [6.07, 6.45) is 0. The summed E-state index contributed by atoms with van der Waals surface area (Å²) in [7, 11) is 0. The van der Waals surface area contributed by atoms with Gasteiger partial charge in [0, 0.05) is 15.7 Å². The van der Waals surface area contributed by atoms with Crippen molar-refractivity contribution in [3.05, 3.63) is 57.6 Å². The zero-order chi connectivity index (χ0) is 14.0. The van der Waals surface area contributed by atoms with Crippen LogP contribution in [0.1, 0.15) is 29.7 Å². The Bertz CT molecular complexity index is 595. The molecule has 0 radical (unpaired) electrons. The average molecular weight is 320 g/mol. The zero-order valence-corrected chi connectivity index (χ0v) is 13.0. The maximum atomic E-state index is 9.93. The van der Waals surface area contributed by atoms with Crippen LogP contribution in [0.15, 0.2) is 40.9 Å². The minimum Gasteiger partial charge on any atom is -0.508 e. The van der Waals surface area contributed by atoms with Crippen molar-refractivity contribution in [2.24, 2.45) is 0 Å². The lowest BCUT2D eigenvalue weighted by molar-refractivity contribution is 0.465. The second-order valence-electron chi connectivity index (χ2n) is 4.89. The van der Waals surface area contributed by atoms with Crippen LogP contribution in [0.5, 0.6) is 5.75 Å². The number of halogens is 1. The highest BCUT2D eigenvalue weighted by Gasteiger charge is 2.10. The van der Waals surface area contributed by atoms with Gasteiger partial charge in [-0.3, -0.25) is 0 Å². The fourth-order valence-electron chi connectivity index (χ4n) is 2.03. The average Bonchev–Trinajstić information content (AvgIpc) is 2.36. The number of nitrogens with one attached hydrogen (secondary N) is 1. The Morgan fingerprint density at radius 3 is 2.53 bits per heavy atom. The molecule has 2 aromatic rings. The second kappa shape index (κ2) is 5.66. The fraction of sp³-hybridized carbons (Fsp3) is 0.250. The first-order chi connectivity index (χ1) is 8.97. The van der Waals surface area contributed by atoms with Crippen molar-refractivity contribution >= 4 is 21.6 Å². The molecule has 2 N–H and O–H groups in total. The Kier molecular flexibility index (Phi) is 4.15. The lowest BCUT2D eigenvalue weighted by atomic mass is 10.0. The van der Waals surface area contributed by atoms with E-state index in [4.69, 9.17) is 0 Å². The molecule has 0 saturated heterocycles. The Balaban J connectivity index is 2.22. The van der Waals surface area contributed by atoms with E-state index in [1.165, 1.54) is 5.56 Å². The molecule has 0 bridgehead atoms. The summed E-state index contributed by atoms with van der Waals surface area (Å²) in [6, 6.07) is 11.9. The predicted octanol–water partition coefficient (Wildman–Crippen LogP) is 4.94. The Hall–Kier alpha value is -1.48. The van der Waals surface area contributed by atoms with Crippen molar-refractivity contribution in [1.82, 2.24) is 0 Å². The van der Waals surface area contributed by atoms with Crippen LogP contribution in [0.3, 0.4) is 0 Å². The lowest BCUT2D eigenvalue weighted by Crippen LogP contribution is -2.07. The third-order valence-electron chi connectivity index (χ3n) is 3.20. The first kappa shape index (κ1) is 13.9. The van der Waals surface area contributed by atoms with Crippen LogP contribution >= 0.6 is 15.9 Å². The van der Waals surface area contributed by atoms with Crippen molar-refractivity contribution in [2.45, 2.75) is 26.8 Å². The molecule has 19 heavy (non-hydrogen) atoms. The Morgan fingerprint density at radius 2 is 1.84 bits per heavy atom.